The lowest BCUT2D eigenvalue weighted by Crippen LogP contribution is -2.46. The van der Waals surface area contributed by atoms with Gasteiger partial charge >= 0.3 is 6.98 Å². The molecular formula is C20H35BN2Si. The highest BCUT2D eigenvalue weighted by atomic mass is 28.3. The molecule has 0 atom stereocenters. The fourth-order valence-corrected chi connectivity index (χ4v) is 6.50. The molecule has 0 unspecified atom stereocenters. The van der Waals surface area contributed by atoms with E-state index in [2.05, 4.69) is 80.0 Å². The first-order valence-corrected chi connectivity index (χ1v) is 12.6. The van der Waals surface area contributed by atoms with Crippen LogP contribution in [0.1, 0.15) is 39.0 Å². The Morgan fingerprint density at radius 2 is 1.67 bits per heavy atom. The molecule has 0 radical (unpaired) electrons. The van der Waals surface area contributed by atoms with Gasteiger partial charge in [0.2, 0.25) is 0 Å². The van der Waals surface area contributed by atoms with Crippen LogP contribution in [0.25, 0.3) is 0 Å². The second kappa shape index (κ2) is 9.02. The van der Waals surface area contributed by atoms with Crippen molar-refractivity contribution in [2.45, 2.75) is 52.1 Å². The summed E-state index contributed by atoms with van der Waals surface area (Å²) in [6.07, 6.45) is 6.65. The molecule has 0 spiro atoms. The summed E-state index contributed by atoms with van der Waals surface area (Å²) in [5, 5.41) is 3.30. The normalized spacial score (nSPS) is 17.7. The van der Waals surface area contributed by atoms with Crippen molar-refractivity contribution in [3.05, 3.63) is 41.5 Å². The molecule has 1 saturated heterocycles. The Bertz CT molecular complexity index is 520. The first-order valence-electron chi connectivity index (χ1n) is 9.64. The van der Waals surface area contributed by atoms with Gasteiger partial charge in [0.15, 0.2) is 0 Å². The molecule has 0 saturated carbocycles. The van der Waals surface area contributed by atoms with Gasteiger partial charge < -0.3 is 9.62 Å². The Kier molecular flexibility index (Phi) is 7.33. The quantitative estimate of drug-likeness (QED) is 0.521. The van der Waals surface area contributed by atoms with Crippen LogP contribution in [-0.2, 0) is 0 Å². The first kappa shape index (κ1) is 19.5. The average Bonchev–Trinajstić information content (AvgIpc) is 2.90. The molecule has 132 valence electrons. The number of hydrogen-bond donors (Lipinski definition) is 0. The molecule has 2 nitrogen and oxygen atoms in total. The lowest BCUT2D eigenvalue weighted by Gasteiger charge is -2.29. The Morgan fingerprint density at radius 1 is 1.04 bits per heavy atom. The van der Waals surface area contributed by atoms with Crippen molar-refractivity contribution >= 4 is 20.2 Å². The predicted octanol–water partition coefficient (Wildman–Crippen LogP) is 3.94. The van der Waals surface area contributed by atoms with Crippen LogP contribution in [0.15, 0.2) is 41.5 Å². The van der Waals surface area contributed by atoms with Crippen molar-refractivity contribution in [3.8, 4) is 0 Å². The van der Waals surface area contributed by atoms with E-state index in [1.165, 1.54) is 45.2 Å². The minimum atomic E-state index is -1.59. The van der Waals surface area contributed by atoms with Crippen LogP contribution in [0.4, 0.5) is 0 Å². The third-order valence-electron chi connectivity index (χ3n) is 5.66. The Balaban J connectivity index is 2.24. The summed E-state index contributed by atoms with van der Waals surface area (Å²) >= 11 is 0. The number of allylic oxidation sites excluding steroid dienone is 1. The van der Waals surface area contributed by atoms with Crippen molar-refractivity contribution in [1.82, 2.24) is 9.62 Å². The highest BCUT2D eigenvalue weighted by Gasteiger charge is 2.34. The van der Waals surface area contributed by atoms with E-state index in [9.17, 15) is 0 Å². The smallest absolute Gasteiger partial charge is 0.326 e. The van der Waals surface area contributed by atoms with E-state index >= 15 is 0 Å². The number of hydrogen-bond acceptors (Lipinski definition) is 2. The maximum absolute atomic E-state index is 2.61. The molecule has 0 bridgehead atoms. The largest absolute Gasteiger partial charge is 0.337 e. The zero-order valence-corrected chi connectivity index (χ0v) is 17.4. The molecule has 24 heavy (non-hydrogen) atoms. The van der Waals surface area contributed by atoms with Crippen molar-refractivity contribution in [2.24, 2.45) is 0 Å². The van der Waals surface area contributed by atoms with Crippen LogP contribution >= 0.6 is 0 Å². The fraction of sp³-hybridized carbons (Fsp3) is 0.600. The zero-order chi connectivity index (χ0) is 17.6. The molecule has 0 aromatic heterocycles. The summed E-state index contributed by atoms with van der Waals surface area (Å²) < 4.78 is 0. The highest BCUT2D eigenvalue weighted by Crippen LogP contribution is 2.24. The standard InChI is InChI=1S/C20H35BN2Si/c1-6-7-8-10-15-20(18-21-22(2)16-17-23(21)3)24(4,5)19-13-11-9-12-14-19/h9,11-14,18H,6-8,10,15-17H2,1-5H3/b20-18-. The van der Waals surface area contributed by atoms with Gasteiger partial charge in [-0.15, -0.1) is 0 Å². The number of unbranched alkanes of at least 4 members (excludes halogenated alkanes) is 3. The van der Waals surface area contributed by atoms with Crippen molar-refractivity contribution < 1.29 is 0 Å². The van der Waals surface area contributed by atoms with E-state index in [0.717, 1.165) is 0 Å². The van der Waals surface area contributed by atoms with Gasteiger partial charge in [-0.3, -0.25) is 0 Å². The molecule has 4 heteroatoms. The van der Waals surface area contributed by atoms with Crippen LogP contribution in [-0.4, -0.2) is 51.9 Å². The minimum Gasteiger partial charge on any atom is -0.326 e. The average molecular weight is 342 g/mol. The number of likely N-dealkylation sites (N-methyl/N-ethyl adjacent to an activating group) is 2. The summed E-state index contributed by atoms with van der Waals surface area (Å²) in [5.41, 5.74) is 0. The second-order valence-electron chi connectivity index (χ2n) is 7.87. The monoisotopic (exact) mass is 342 g/mol. The third kappa shape index (κ3) is 4.84. The molecule has 1 heterocycles. The van der Waals surface area contributed by atoms with E-state index in [4.69, 9.17) is 0 Å². The Morgan fingerprint density at radius 3 is 2.25 bits per heavy atom. The molecule has 1 aromatic rings. The van der Waals surface area contributed by atoms with Gasteiger partial charge in [0.25, 0.3) is 0 Å². The van der Waals surface area contributed by atoms with Gasteiger partial charge in [0.1, 0.15) is 8.07 Å². The van der Waals surface area contributed by atoms with E-state index in [0.29, 0.717) is 6.98 Å². The zero-order valence-electron chi connectivity index (χ0n) is 16.4. The van der Waals surface area contributed by atoms with Crippen LogP contribution in [0.3, 0.4) is 0 Å². The fourth-order valence-electron chi connectivity index (χ4n) is 3.74. The molecule has 0 amide bonds. The van der Waals surface area contributed by atoms with Crippen molar-refractivity contribution in [3.63, 3.8) is 0 Å². The van der Waals surface area contributed by atoms with Crippen LogP contribution in [0, 0.1) is 0 Å². The number of nitrogens with zero attached hydrogens (tertiary/aromatic N) is 2. The van der Waals surface area contributed by atoms with Gasteiger partial charge in [-0.25, -0.2) is 0 Å². The lowest BCUT2D eigenvalue weighted by atomic mass is 9.74. The van der Waals surface area contributed by atoms with Crippen molar-refractivity contribution in [2.75, 3.05) is 27.2 Å². The van der Waals surface area contributed by atoms with Crippen LogP contribution in [0.2, 0.25) is 13.1 Å². The Hall–Kier alpha value is -0.838. The second-order valence-corrected chi connectivity index (χ2v) is 12.3. The predicted molar refractivity (Wildman–Crippen MR) is 111 cm³/mol. The summed E-state index contributed by atoms with van der Waals surface area (Å²) in [4.78, 5) is 4.98. The molecule has 1 aliphatic rings. The molecule has 1 fully saturated rings. The maximum Gasteiger partial charge on any atom is 0.337 e. The molecule has 2 rings (SSSR count). The molecule has 1 aromatic carbocycles. The molecule has 1 aliphatic heterocycles. The first-order chi connectivity index (χ1) is 11.5. The number of rotatable bonds is 8. The van der Waals surface area contributed by atoms with E-state index in [1.807, 2.05) is 0 Å². The summed E-state index contributed by atoms with van der Waals surface area (Å²) in [6, 6.07) is 11.2. The van der Waals surface area contributed by atoms with E-state index in [-0.39, 0.29) is 0 Å². The van der Waals surface area contributed by atoms with E-state index < -0.39 is 8.07 Å². The molecule has 0 aliphatic carbocycles. The summed E-state index contributed by atoms with van der Waals surface area (Å²) in [5.74, 6) is 2.61. The third-order valence-corrected chi connectivity index (χ3v) is 9.46. The van der Waals surface area contributed by atoms with Gasteiger partial charge in [0.05, 0.1) is 0 Å². The molecular weight excluding hydrogens is 307 g/mol. The van der Waals surface area contributed by atoms with Crippen LogP contribution in [0.5, 0.6) is 0 Å². The topological polar surface area (TPSA) is 6.48 Å². The summed E-state index contributed by atoms with van der Waals surface area (Å²) in [7, 11) is 2.93. The van der Waals surface area contributed by atoms with Gasteiger partial charge in [-0.1, -0.05) is 86.0 Å². The van der Waals surface area contributed by atoms with Gasteiger partial charge in [-0.05, 0) is 26.9 Å². The maximum atomic E-state index is 2.61. The SMILES string of the molecule is CCCCCC/C(=C/B1N(C)CCN1C)[Si](C)(C)c1ccccc1. The Labute approximate surface area is 151 Å². The van der Waals surface area contributed by atoms with E-state index in [1.54, 1.807) is 10.4 Å². The number of benzene rings is 1. The summed E-state index contributed by atoms with van der Waals surface area (Å²) in [6.45, 7) is 10.2. The van der Waals surface area contributed by atoms with Gasteiger partial charge in [0, 0.05) is 13.1 Å². The highest BCUT2D eigenvalue weighted by molar-refractivity contribution is 6.96. The lowest BCUT2D eigenvalue weighted by molar-refractivity contribution is 0.553. The molecule has 0 N–H and O–H groups in total. The van der Waals surface area contributed by atoms with Crippen molar-refractivity contribution in [1.29, 1.82) is 0 Å². The van der Waals surface area contributed by atoms with Crippen LogP contribution < -0.4 is 5.19 Å². The minimum absolute atomic E-state index is 0.474. The van der Waals surface area contributed by atoms with Gasteiger partial charge in [-0.2, -0.15) is 0 Å².